The summed E-state index contributed by atoms with van der Waals surface area (Å²) in [4.78, 5) is 30.1. The van der Waals surface area contributed by atoms with E-state index in [1.165, 1.54) is 11.8 Å². The lowest BCUT2D eigenvalue weighted by Crippen LogP contribution is -2.33. The number of imidazole rings is 1. The van der Waals surface area contributed by atoms with Gasteiger partial charge in [0, 0.05) is 24.3 Å². The van der Waals surface area contributed by atoms with Gasteiger partial charge in [0.15, 0.2) is 5.16 Å². The summed E-state index contributed by atoms with van der Waals surface area (Å²) < 4.78 is 5.55. The normalized spacial score (nSPS) is 14.4. The summed E-state index contributed by atoms with van der Waals surface area (Å²) in [5.41, 5.74) is 3.97. The maximum absolute atomic E-state index is 12.6. The van der Waals surface area contributed by atoms with E-state index >= 15 is 0 Å². The number of methoxy groups -OCH3 is 1. The second kappa shape index (κ2) is 9.49. The first kappa shape index (κ1) is 22.0. The minimum atomic E-state index is -0.115. The first-order valence-corrected chi connectivity index (χ1v) is 11.6. The Balaban J connectivity index is 1.42. The Kier molecular flexibility index (Phi) is 6.51. The molecule has 0 bridgehead atoms. The zero-order valence-electron chi connectivity index (χ0n) is 18.4. The first-order chi connectivity index (χ1) is 15.5. The van der Waals surface area contributed by atoms with Crippen molar-refractivity contribution in [2.45, 2.75) is 31.8 Å². The van der Waals surface area contributed by atoms with Crippen molar-refractivity contribution in [3.05, 3.63) is 41.4 Å². The van der Waals surface area contributed by atoms with Crippen molar-refractivity contribution in [3.63, 3.8) is 0 Å². The van der Waals surface area contributed by atoms with E-state index in [1.807, 2.05) is 25.1 Å². The molecule has 0 radical (unpaired) electrons. The van der Waals surface area contributed by atoms with Gasteiger partial charge in [0.05, 0.1) is 24.1 Å². The van der Waals surface area contributed by atoms with Gasteiger partial charge in [0.25, 0.3) is 5.82 Å². The van der Waals surface area contributed by atoms with Crippen LogP contribution in [0.15, 0.2) is 29.6 Å². The summed E-state index contributed by atoms with van der Waals surface area (Å²) in [6, 6.07) is 5.75. The van der Waals surface area contributed by atoms with Gasteiger partial charge in [-0.25, -0.2) is 4.98 Å². The smallest absolute Gasteiger partial charge is 0.274 e. The number of aromatic amines is 1. The van der Waals surface area contributed by atoms with Gasteiger partial charge < -0.3 is 24.8 Å². The lowest BCUT2D eigenvalue weighted by Gasteiger charge is -2.33. The number of piperidine rings is 1. The van der Waals surface area contributed by atoms with Crippen LogP contribution < -0.4 is 15.0 Å². The van der Waals surface area contributed by atoms with E-state index < -0.39 is 0 Å². The first-order valence-electron chi connectivity index (χ1n) is 10.6. The van der Waals surface area contributed by atoms with E-state index in [0.717, 1.165) is 60.1 Å². The number of carbonyl (C=O) groups excluding carboxylic acids is 1. The number of hydrogen-bond acceptors (Lipinski definition) is 6. The third-order valence-corrected chi connectivity index (χ3v) is 6.62. The van der Waals surface area contributed by atoms with Gasteiger partial charge in [0.2, 0.25) is 5.91 Å². The molecule has 1 aliphatic heterocycles. The average Bonchev–Trinajstić information content (AvgIpc) is 3.23. The number of aromatic nitrogens is 3. The summed E-state index contributed by atoms with van der Waals surface area (Å²) in [7, 11) is 1.67. The SMILES string of the molecule is [C-]#[N+]c1ncc2[nH]c(SCC(=O)Nc3ccc(OC)c(N4CCC(C)CC4)c3)nc2c1C. The number of rotatable bonds is 6. The molecular weight excluding hydrogens is 424 g/mol. The molecule has 3 heterocycles. The van der Waals surface area contributed by atoms with Gasteiger partial charge >= 0.3 is 0 Å². The summed E-state index contributed by atoms with van der Waals surface area (Å²) in [6.45, 7) is 13.3. The van der Waals surface area contributed by atoms with Crippen molar-refractivity contribution >= 4 is 45.9 Å². The highest BCUT2D eigenvalue weighted by Gasteiger charge is 2.20. The van der Waals surface area contributed by atoms with Crippen molar-refractivity contribution < 1.29 is 9.53 Å². The number of fused-ring (bicyclic) bond motifs is 1. The molecule has 2 aromatic heterocycles. The van der Waals surface area contributed by atoms with Gasteiger partial charge in [-0.3, -0.25) is 4.79 Å². The maximum atomic E-state index is 12.6. The van der Waals surface area contributed by atoms with Gasteiger partial charge in [-0.15, -0.1) is 4.98 Å². The number of amides is 1. The van der Waals surface area contributed by atoms with E-state index in [1.54, 1.807) is 13.3 Å². The van der Waals surface area contributed by atoms with Crippen molar-refractivity contribution in [1.82, 2.24) is 15.0 Å². The van der Waals surface area contributed by atoms with Crippen LogP contribution in [0.3, 0.4) is 0 Å². The van der Waals surface area contributed by atoms with Crippen LogP contribution in [0.5, 0.6) is 5.75 Å². The summed E-state index contributed by atoms with van der Waals surface area (Å²) >= 11 is 1.32. The van der Waals surface area contributed by atoms with Crippen molar-refractivity contribution in [1.29, 1.82) is 0 Å². The quantitative estimate of drug-likeness (QED) is 0.415. The minimum absolute atomic E-state index is 0.115. The van der Waals surface area contributed by atoms with Crippen molar-refractivity contribution in [2.24, 2.45) is 5.92 Å². The molecule has 1 aromatic carbocycles. The fourth-order valence-corrected chi connectivity index (χ4v) is 4.53. The van der Waals surface area contributed by atoms with E-state index in [-0.39, 0.29) is 11.7 Å². The Morgan fingerprint density at radius 2 is 2.19 bits per heavy atom. The molecule has 0 saturated carbocycles. The number of benzene rings is 1. The number of aryl methyl sites for hydroxylation is 1. The highest BCUT2D eigenvalue weighted by Crippen LogP contribution is 2.34. The lowest BCUT2D eigenvalue weighted by atomic mass is 9.98. The van der Waals surface area contributed by atoms with Crippen LogP contribution in [-0.2, 0) is 4.79 Å². The topological polar surface area (TPSA) is 87.5 Å². The number of carbonyl (C=O) groups is 1. The van der Waals surface area contributed by atoms with Gasteiger partial charge in [-0.05, 0) is 43.9 Å². The number of anilines is 2. The minimum Gasteiger partial charge on any atom is -0.495 e. The van der Waals surface area contributed by atoms with Gasteiger partial charge in [-0.2, -0.15) is 0 Å². The maximum Gasteiger partial charge on any atom is 0.274 e. The molecule has 166 valence electrons. The molecule has 1 fully saturated rings. The number of H-pyrrole nitrogens is 1. The largest absolute Gasteiger partial charge is 0.495 e. The number of nitrogens with one attached hydrogen (secondary N) is 2. The Hall–Kier alpha value is -3.25. The van der Waals surface area contributed by atoms with Crippen LogP contribution in [0.2, 0.25) is 0 Å². The highest BCUT2D eigenvalue weighted by atomic mass is 32.2. The fourth-order valence-electron chi connectivity index (χ4n) is 3.85. The van der Waals surface area contributed by atoms with E-state index in [9.17, 15) is 4.79 Å². The van der Waals surface area contributed by atoms with Crippen LogP contribution >= 0.6 is 11.8 Å². The molecule has 4 rings (SSSR count). The van der Waals surface area contributed by atoms with Crippen LogP contribution in [0, 0.1) is 19.4 Å². The van der Waals surface area contributed by atoms with E-state index in [0.29, 0.717) is 16.5 Å². The molecule has 1 aliphatic rings. The average molecular weight is 451 g/mol. The second-order valence-corrected chi connectivity index (χ2v) is 8.98. The number of nitrogens with zero attached hydrogens (tertiary/aromatic N) is 4. The Bertz CT molecular complexity index is 1180. The third kappa shape index (κ3) is 4.65. The predicted molar refractivity (Wildman–Crippen MR) is 128 cm³/mol. The molecule has 9 heteroatoms. The van der Waals surface area contributed by atoms with Gasteiger partial charge in [-0.1, -0.05) is 25.3 Å². The summed E-state index contributed by atoms with van der Waals surface area (Å²) in [5, 5.41) is 3.60. The van der Waals surface area contributed by atoms with Gasteiger partial charge in [0.1, 0.15) is 17.5 Å². The molecule has 2 N–H and O–H groups in total. The molecule has 0 atom stereocenters. The monoisotopic (exact) mass is 450 g/mol. The molecule has 0 aliphatic carbocycles. The molecule has 32 heavy (non-hydrogen) atoms. The molecule has 3 aromatic rings. The molecule has 1 amide bonds. The lowest BCUT2D eigenvalue weighted by molar-refractivity contribution is -0.113. The summed E-state index contributed by atoms with van der Waals surface area (Å²) in [5.74, 6) is 2.00. The molecule has 0 unspecified atom stereocenters. The predicted octanol–water partition coefficient (Wildman–Crippen LogP) is 4.79. The molecular formula is C23H26N6O2S. The standard InChI is InChI=1S/C23H26N6O2S/c1-14-7-9-29(10-8-14)18-11-16(5-6-19(18)31-4)26-20(30)13-32-23-27-17-12-25-22(24-3)15(2)21(17)28-23/h5-6,11-12,14H,7-10,13H2,1-2,4H3,(H,26,30)(H,27,28). The summed E-state index contributed by atoms with van der Waals surface area (Å²) in [6.07, 6.45) is 3.91. The van der Waals surface area contributed by atoms with Crippen LogP contribution in [0.1, 0.15) is 25.3 Å². The number of ether oxygens (including phenoxy) is 1. The molecule has 0 spiro atoms. The van der Waals surface area contributed by atoms with Crippen molar-refractivity contribution in [2.75, 3.05) is 36.2 Å². The Morgan fingerprint density at radius 1 is 1.41 bits per heavy atom. The van der Waals surface area contributed by atoms with Crippen LogP contribution in [0.4, 0.5) is 17.2 Å². The second-order valence-electron chi connectivity index (χ2n) is 8.02. The van der Waals surface area contributed by atoms with E-state index in [2.05, 4.69) is 36.9 Å². The van der Waals surface area contributed by atoms with E-state index in [4.69, 9.17) is 11.3 Å². The third-order valence-electron chi connectivity index (χ3n) is 5.75. The molecule has 8 nitrogen and oxygen atoms in total. The number of thioether (sulfide) groups is 1. The number of hydrogen-bond donors (Lipinski definition) is 2. The highest BCUT2D eigenvalue weighted by molar-refractivity contribution is 7.99. The van der Waals surface area contributed by atoms with Crippen molar-refractivity contribution in [3.8, 4) is 5.75 Å². The Morgan fingerprint density at radius 3 is 2.91 bits per heavy atom. The van der Waals surface area contributed by atoms with Crippen LogP contribution in [-0.4, -0.2) is 46.8 Å². The zero-order valence-corrected chi connectivity index (χ0v) is 19.3. The fraction of sp³-hybridized carbons (Fsp3) is 0.391. The van der Waals surface area contributed by atoms with Crippen LogP contribution in [0.25, 0.3) is 15.9 Å². The Labute approximate surface area is 191 Å². The number of pyridine rings is 1. The zero-order chi connectivity index (χ0) is 22.7. The molecule has 1 saturated heterocycles.